The second-order valence-electron chi connectivity index (χ2n) is 13.3. The molecule has 0 atom stereocenters. The van der Waals surface area contributed by atoms with Crippen molar-refractivity contribution in [1.29, 1.82) is 0 Å². The molecule has 3 aromatic carbocycles. The average molecular weight is 754 g/mol. The molecular formula is C37H35Cl2FN4O6S. The number of amides is 1. The summed E-state index contributed by atoms with van der Waals surface area (Å²) < 4.78 is 57.3. The maximum absolute atomic E-state index is 15.9. The third-order valence-corrected chi connectivity index (χ3v) is 12.5. The van der Waals surface area contributed by atoms with Crippen LogP contribution in [0.2, 0.25) is 10.0 Å². The van der Waals surface area contributed by atoms with Crippen molar-refractivity contribution in [3.8, 4) is 11.5 Å². The van der Waals surface area contributed by atoms with Crippen LogP contribution in [0.25, 0.3) is 17.0 Å². The first kappa shape index (κ1) is 34.0. The van der Waals surface area contributed by atoms with Crippen LogP contribution in [0.4, 0.5) is 10.1 Å². The van der Waals surface area contributed by atoms with Crippen molar-refractivity contribution in [2.24, 2.45) is 0 Å². The van der Waals surface area contributed by atoms with E-state index in [9.17, 15) is 18.0 Å². The standard InChI is InChI=1S/C37H35Cl2FN4O6S/c38-25-1-5-30(39)24(18-25)17-23-7-9-42(10-8-23)37(46)29-22-44(26-2-3-26)32-21-33(31(40)20-28(32)36(29)45)41-11-13-43(14-12-41)51(47,48)27-4-6-34-35(19-27)50-16-15-49-34/h1,4-6,17-22,26H,2-3,7-16H2. The lowest BCUT2D eigenvalue weighted by atomic mass is 10.00. The molecule has 4 aliphatic rings. The summed E-state index contributed by atoms with van der Waals surface area (Å²) in [6.45, 7) is 2.44. The van der Waals surface area contributed by atoms with Gasteiger partial charge in [0.05, 0.1) is 16.1 Å². The van der Waals surface area contributed by atoms with Gasteiger partial charge in [0.25, 0.3) is 5.91 Å². The summed E-state index contributed by atoms with van der Waals surface area (Å²) in [5, 5.41) is 1.34. The molecule has 0 spiro atoms. The number of sulfonamides is 1. The van der Waals surface area contributed by atoms with E-state index in [-0.39, 0.29) is 54.0 Å². The molecule has 4 heterocycles. The van der Waals surface area contributed by atoms with Crippen molar-refractivity contribution in [3.05, 3.63) is 97.5 Å². The lowest BCUT2D eigenvalue weighted by Crippen LogP contribution is -2.49. The van der Waals surface area contributed by atoms with Gasteiger partial charge in [-0.1, -0.05) is 34.9 Å². The fourth-order valence-corrected chi connectivity index (χ4v) is 8.86. The predicted molar refractivity (Wildman–Crippen MR) is 194 cm³/mol. The van der Waals surface area contributed by atoms with Gasteiger partial charge >= 0.3 is 0 Å². The number of likely N-dealkylation sites (tertiary alicyclic amines) is 1. The largest absolute Gasteiger partial charge is 0.486 e. The van der Waals surface area contributed by atoms with Crippen LogP contribution in [0.5, 0.6) is 11.5 Å². The molecule has 1 aliphatic carbocycles. The van der Waals surface area contributed by atoms with Crippen molar-refractivity contribution in [2.75, 3.05) is 57.4 Å². The molecule has 1 aromatic heterocycles. The maximum Gasteiger partial charge on any atom is 0.259 e. The molecule has 0 unspecified atom stereocenters. The van der Waals surface area contributed by atoms with Crippen molar-refractivity contribution in [3.63, 3.8) is 0 Å². The number of piperidine rings is 1. The summed E-state index contributed by atoms with van der Waals surface area (Å²) in [5.74, 6) is -0.0609. The lowest BCUT2D eigenvalue weighted by molar-refractivity contribution is 0.0742. The van der Waals surface area contributed by atoms with E-state index in [1.165, 1.54) is 22.5 Å². The topological polar surface area (TPSA) is 101 Å². The highest BCUT2D eigenvalue weighted by Crippen LogP contribution is 2.39. The number of fused-ring (bicyclic) bond motifs is 2. The summed E-state index contributed by atoms with van der Waals surface area (Å²) >= 11 is 12.5. The molecule has 4 aromatic rings. The highest BCUT2D eigenvalue weighted by atomic mass is 35.5. The van der Waals surface area contributed by atoms with Crippen LogP contribution in [0.15, 0.2) is 70.0 Å². The number of carbonyl (C=O) groups is 1. The zero-order valence-electron chi connectivity index (χ0n) is 27.6. The van der Waals surface area contributed by atoms with Gasteiger partial charge in [-0.05, 0) is 73.7 Å². The molecule has 51 heavy (non-hydrogen) atoms. The minimum atomic E-state index is -3.82. The van der Waals surface area contributed by atoms with Gasteiger partial charge in [0, 0.05) is 73.0 Å². The summed E-state index contributed by atoms with van der Waals surface area (Å²) in [6, 6.07) is 12.9. The molecule has 10 nitrogen and oxygen atoms in total. The number of carbonyl (C=O) groups excluding carboxylic acids is 1. The first-order chi connectivity index (χ1) is 24.6. The summed E-state index contributed by atoms with van der Waals surface area (Å²) in [5.41, 5.74) is 2.34. The van der Waals surface area contributed by atoms with Gasteiger partial charge in [-0.15, -0.1) is 0 Å². The SMILES string of the molecule is O=C(c1cn(C2CC2)c2cc(N3CCN(S(=O)(=O)c4ccc5c(c4)OCCO5)CC3)c(F)cc2c1=O)N1CCC(=Cc2cc(Cl)ccc2Cl)CC1. The molecule has 0 bridgehead atoms. The van der Waals surface area contributed by atoms with Crippen LogP contribution >= 0.6 is 23.2 Å². The van der Waals surface area contributed by atoms with E-state index in [1.54, 1.807) is 40.3 Å². The van der Waals surface area contributed by atoms with E-state index in [0.717, 1.165) is 24.0 Å². The third kappa shape index (κ3) is 6.59. The van der Waals surface area contributed by atoms with Gasteiger partial charge < -0.3 is 23.8 Å². The number of aromatic nitrogens is 1. The molecule has 8 rings (SSSR count). The highest BCUT2D eigenvalue weighted by Gasteiger charge is 2.33. The smallest absolute Gasteiger partial charge is 0.259 e. The molecular weight excluding hydrogens is 718 g/mol. The Morgan fingerprint density at radius 3 is 2.33 bits per heavy atom. The third-order valence-electron chi connectivity index (χ3n) is 10.0. The van der Waals surface area contributed by atoms with Crippen molar-refractivity contribution < 1.29 is 27.1 Å². The van der Waals surface area contributed by atoms with Gasteiger partial charge in [-0.3, -0.25) is 9.59 Å². The molecule has 2 saturated heterocycles. The quantitative estimate of drug-likeness (QED) is 0.225. The molecule has 3 fully saturated rings. The van der Waals surface area contributed by atoms with Crippen LogP contribution in [0, 0.1) is 5.82 Å². The molecule has 266 valence electrons. The fraction of sp³-hybridized carbons (Fsp3) is 0.351. The average Bonchev–Trinajstić information content (AvgIpc) is 3.99. The molecule has 1 amide bonds. The van der Waals surface area contributed by atoms with Gasteiger partial charge in [-0.25, -0.2) is 12.8 Å². The van der Waals surface area contributed by atoms with Gasteiger partial charge in [0.15, 0.2) is 11.5 Å². The van der Waals surface area contributed by atoms with E-state index >= 15 is 4.39 Å². The Morgan fingerprint density at radius 1 is 0.882 bits per heavy atom. The Kier molecular flexibility index (Phi) is 8.98. The fourth-order valence-electron chi connectivity index (χ4n) is 7.07. The Labute approximate surface area is 304 Å². The Morgan fingerprint density at radius 2 is 1.61 bits per heavy atom. The predicted octanol–water partition coefficient (Wildman–Crippen LogP) is 6.38. The Balaban J connectivity index is 1.01. The van der Waals surface area contributed by atoms with E-state index < -0.39 is 21.3 Å². The van der Waals surface area contributed by atoms with Crippen LogP contribution in [0.3, 0.4) is 0 Å². The zero-order chi connectivity index (χ0) is 35.4. The monoisotopic (exact) mass is 752 g/mol. The normalized spacial score (nSPS) is 18.3. The molecule has 0 radical (unpaired) electrons. The van der Waals surface area contributed by atoms with Crippen molar-refractivity contribution >= 4 is 61.8 Å². The second kappa shape index (κ2) is 13.5. The first-order valence-corrected chi connectivity index (χ1v) is 19.2. The Hall–Kier alpha value is -4.10. The summed E-state index contributed by atoms with van der Waals surface area (Å²) in [4.78, 5) is 31.2. The van der Waals surface area contributed by atoms with Crippen molar-refractivity contribution in [2.45, 2.75) is 36.6 Å². The van der Waals surface area contributed by atoms with E-state index in [0.29, 0.717) is 71.9 Å². The lowest BCUT2D eigenvalue weighted by Gasteiger charge is -2.35. The molecule has 1 saturated carbocycles. The highest BCUT2D eigenvalue weighted by molar-refractivity contribution is 7.89. The number of piperazine rings is 1. The summed E-state index contributed by atoms with van der Waals surface area (Å²) in [7, 11) is -3.82. The number of hydrogen-bond donors (Lipinski definition) is 0. The number of nitrogens with zero attached hydrogens (tertiary/aromatic N) is 4. The van der Waals surface area contributed by atoms with Crippen molar-refractivity contribution in [1.82, 2.24) is 13.8 Å². The van der Waals surface area contributed by atoms with Crippen LogP contribution in [-0.2, 0) is 10.0 Å². The van der Waals surface area contributed by atoms with Gasteiger partial charge in [0.2, 0.25) is 15.5 Å². The van der Waals surface area contributed by atoms with Crippen LogP contribution in [-0.4, -0.2) is 80.6 Å². The zero-order valence-corrected chi connectivity index (χ0v) is 29.9. The summed E-state index contributed by atoms with van der Waals surface area (Å²) in [6.07, 6.45) is 6.68. The molecule has 14 heteroatoms. The molecule has 0 N–H and O–H groups in total. The van der Waals surface area contributed by atoms with Gasteiger partial charge in [0.1, 0.15) is 24.6 Å². The van der Waals surface area contributed by atoms with E-state index in [1.807, 2.05) is 16.7 Å². The second-order valence-corrected chi connectivity index (χ2v) is 16.1. The number of anilines is 1. The van der Waals surface area contributed by atoms with Gasteiger partial charge in [-0.2, -0.15) is 4.31 Å². The number of rotatable bonds is 6. The minimum absolute atomic E-state index is 0.0322. The molecule has 3 aliphatic heterocycles. The number of pyridine rings is 1. The minimum Gasteiger partial charge on any atom is -0.486 e. The first-order valence-electron chi connectivity index (χ1n) is 17.0. The number of halogens is 3. The Bertz CT molecular complexity index is 2260. The van der Waals surface area contributed by atoms with Crippen LogP contribution < -0.4 is 19.8 Å². The van der Waals surface area contributed by atoms with E-state index in [4.69, 9.17) is 32.7 Å². The number of hydrogen-bond acceptors (Lipinski definition) is 7. The maximum atomic E-state index is 15.9. The van der Waals surface area contributed by atoms with E-state index in [2.05, 4.69) is 0 Å². The van der Waals surface area contributed by atoms with Crippen LogP contribution in [0.1, 0.15) is 47.6 Å². The number of ether oxygens (including phenoxy) is 2. The number of benzene rings is 3.